The van der Waals surface area contributed by atoms with Gasteiger partial charge in [0.1, 0.15) is 0 Å². The minimum absolute atomic E-state index is 0. The average molecular weight is 295 g/mol. The van der Waals surface area contributed by atoms with E-state index in [1.807, 2.05) is 4.90 Å². The van der Waals surface area contributed by atoms with E-state index in [1.165, 1.54) is 18.4 Å². The van der Waals surface area contributed by atoms with Gasteiger partial charge in [0.25, 0.3) is 0 Å². The molecular weight excluding hydrogens is 272 g/mol. The van der Waals surface area contributed by atoms with Crippen LogP contribution < -0.4 is 5.73 Å². The van der Waals surface area contributed by atoms with Crippen molar-refractivity contribution in [3.63, 3.8) is 0 Å². The predicted molar refractivity (Wildman–Crippen MR) is 83.2 cm³/mol. The third-order valence-corrected chi connectivity index (χ3v) is 4.19. The number of hydrogen-bond donors (Lipinski definition) is 1. The highest BCUT2D eigenvalue weighted by atomic mass is 35.5. The molecule has 110 valence electrons. The van der Waals surface area contributed by atoms with E-state index in [9.17, 15) is 4.79 Å². The Labute approximate surface area is 126 Å². The van der Waals surface area contributed by atoms with Crippen LogP contribution in [0.25, 0.3) is 0 Å². The molecule has 3 rings (SSSR count). The molecule has 1 saturated carbocycles. The Hall–Kier alpha value is -1.06. The lowest BCUT2D eigenvalue weighted by Gasteiger charge is -2.30. The molecule has 2 aliphatic rings. The van der Waals surface area contributed by atoms with Gasteiger partial charge in [-0.1, -0.05) is 24.3 Å². The number of carbonyl (C=O) groups is 1. The van der Waals surface area contributed by atoms with Crippen LogP contribution in [0.5, 0.6) is 0 Å². The van der Waals surface area contributed by atoms with Gasteiger partial charge in [0, 0.05) is 19.1 Å². The van der Waals surface area contributed by atoms with Gasteiger partial charge in [-0.25, -0.2) is 0 Å². The highest BCUT2D eigenvalue weighted by molar-refractivity contribution is 5.85. The van der Waals surface area contributed by atoms with Crippen molar-refractivity contribution in [1.82, 2.24) is 4.90 Å². The second-order valence-electron chi connectivity index (χ2n) is 5.93. The number of carbonyl (C=O) groups excluding carboxylic acids is 1. The van der Waals surface area contributed by atoms with Crippen LogP contribution in [-0.4, -0.2) is 29.9 Å². The van der Waals surface area contributed by atoms with Gasteiger partial charge >= 0.3 is 0 Å². The van der Waals surface area contributed by atoms with Crippen molar-refractivity contribution in [3.05, 3.63) is 35.4 Å². The van der Waals surface area contributed by atoms with Gasteiger partial charge in [-0.05, 0) is 42.7 Å². The lowest BCUT2D eigenvalue weighted by Crippen LogP contribution is -2.46. The number of halogens is 1. The summed E-state index contributed by atoms with van der Waals surface area (Å²) in [6.07, 6.45) is 5.24. The van der Waals surface area contributed by atoms with Gasteiger partial charge in [-0.2, -0.15) is 0 Å². The van der Waals surface area contributed by atoms with Crippen LogP contribution in [0.3, 0.4) is 0 Å². The fourth-order valence-corrected chi connectivity index (χ4v) is 2.85. The number of piperidine rings is 1. The molecule has 0 bridgehead atoms. The summed E-state index contributed by atoms with van der Waals surface area (Å²) in [5.41, 5.74) is 8.47. The number of benzene rings is 1. The van der Waals surface area contributed by atoms with Crippen LogP contribution in [0.1, 0.15) is 42.7 Å². The first-order valence-electron chi connectivity index (χ1n) is 7.34. The van der Waals surface area contributed by atoms with E-state index in [-0.39, 0.29) is 24.4 Å². The third-order valence-electron chi connectivity index (χ3n) is 4.19. The quantitative estimate of drug-likeness (QED) is 0.931. The number of hydrogen-bond acceptors (Lipinski definition) is 2. The fourth-order valence-electron chi connectivity index (χ4n) is 2.85. The first kappa shape index (κ1) is 15.3. The van der Waals surface area contributed by atoms with Crippen LogP contribution in [0.15, 0.2) is 24.3 Å². The Balaban J connectivity index is 0.00000147. The Morgan fingerprint density at radius 1 is 1.20 bits per heavy atom. The van der Waals surface area contributed by atoms with Crippen molar-refractivity contribution in [2.75, 3.05) is 13.1 Å². The van der Waals surface area contributed by atoms with Crippen molar-refractivity contribution in [2.45, 2.75) is 44.1 Å². The predicted octanol–water partition coefficient (Wildman–Crippen LogP) is 2.48. The maximum atomic E-state index is 12.2. The number of likely N-dealkylation sites (tertiary alicyclic amines) is 1. The standard InChI is InChI=1S/C16H22N2O.ClH/c17-15-2-1-9-18(11-15)16(19)10-12-3-5-13(6-4-12)14-7-8-14;/h3-6,14-15H,1-2,7-11,17H2;1H/t15-;/m1./s1. The van der Waals surface area contributed by atoms with Gasteiger partial charge < -0.3 is 10.6 Å². The van der Waals surface area contributed by atoms with Crippen molar-refractivity contribution in [1.29, 1.82) is 0 Å². The van der Waals surface area contributed by atoms with Crippen LogP contribution in [0.2, 0.25) is 0 Å². The summed E-state index contributed by atoms with van der Waals surface area (Å²) in [6.45, 7) is 1.59. The molecule has 1 amide bonds. The van der Waals surface area contributed by atoms with Crippen LogP contribution in [-0.2, 0) is 11.2 Å². The van der Waals surface area contributed by atoms with E-state index in [2.05, 4.69) is 24.3 Å². The molecule has 2 N–H and O–H groups in total. The van der Waals surface area contributed by atoms with E-state index < -0.39 is 0 Å². The molecule has 1 aromatic carbocycles. The second-order valence-corrected chi connectivity index (χ2v) is 5.93. The minimum atomic E-state index is 0. The number of nitrogens with zero attached hydrogens (tertiary/aromatic N) is 1. The zero-order valence-electron chi connectivity index (χ0n) is 11.8. The van der Waals surface area contributed by atoms with E-state index >= 15 is 0 Å². The second kappa shape index (κ2) is 6.59. The average Bonchev–Trinajstić information content (AvgIpc) is 3.24. The smallest absolute Gasteiger partial charge is 0.227 e. The van der Waals surface area contributed by atoms with Gasteiger partial charge in [0.05, 0.1) is 6.42 Å². The maximum Gasteiger partial charge on any atom is 0.227 e. The summed E-state index contributed by atoms with van der Waals surface area (Å²) in [4.78, 5) is 14.1. The zero-order chi connectivity index (χ0) is 13.2. The number of amides is 1. The number of nitrogens with two attached hydrogens (primary N) is 1. The summed E-state index contributed by atoms with van der Waals surface area (Å²) >= 11 is 0. The molecule has 2 fully saturated rings. The molecule has 1 aliphatic carbocycles. The first-order chi connectivity index (χ1) is 9.22. The van der Waals surface area contributed by atoms with Crippen LogP contribution >= 0.6 is 12.4 Å². The van der Waals surface area contributed by atoms with Crippen LogP contribution in [0.4, 0.5) is 0 Å². The van der Waals surface area contributed by atoms with E-state index in [4.69, 9.17) is 5.73 Å². The molecule has 20 heavy (non-hydrogen) atoms. The highest BCUT2D eigenvalue weighted by Gasteiger charge is 2.24. The molecule has 0 unspecified atom stereocenters. The molecule has 0 spiro atoms. The molecule has 1 heterocycles. The fraction of sp³-hybridized carbons (Fsp3) is 0.562. The Morgan fingerprint density at radius 3 is 2.50 bits per heavy atom. The topological polar surface area (TPSA) is 46.3 Å². The van der Waals surface area contributed by atoms with Crippen molar-refractivity contribution in [3.8, 4) is 0 Å². The molecular formula is C16H23ClN2O. The molecule has 0 radical (unpaired) electrons. The van der Waals surface area contributed by atoms with E-state index in [0.29, 0.717) is 6.42 Å². The molecule has 1 saturated heterocycles. The first-order valence-corrected chi connectivity index (χ1v) is 7.34. The van der Waals surface area contributed by atoms with Crippen molar-refractivity contribution >= 4 is 18.3 Å². The summed E-state index contributed by atoms with van der Waals surface area (Å²) in [5.74, 6) is 0.999. The lowest BCUT2D eigenvalue weighted by molar-refractivity contribution is -0.131. The SMILES string of the molecule is Cl.N[C@@H]1CCCN(C(=O)Cc2ccc(C3CC3)cc2)C1. The minimum Gasteiger partial charge on any atom is -0.341 e. The Kier molecular flexibility index (Phi) is 5.06. The monoisotopic (exact) mass is 294 g/mol. The summed E-state index contributed by atoms with van der Waals surface area (Å²) in [7, 11) is 0. The summed E-state index contributed by atoms with van der Waals surface area (Å²) < 4.78 is 0. The van der Waals surface area contributed by atoms with E-state index in [0.717, 1.165) is 37.4 Å². The summed E-state index contributed by atoms with van der Waals surface area (Å²) in [5, 5.41) is 0. The van der Waals surface area contributed by atoms with Gasteiger partial charge in [0.15, 0.2) is 0 Å². The van der Waals surface area contributed by atoms with Crippen LogP contribution in [0, 0.1) is 0 Å². The Bertz CT molecular complexity index is 456. The Morgan fingerprint density at radius 2 is 1.90 bits per heavy atom. The molecule has 1 aromatic rings. The molecule has 4 heteroatoms. The number of rotatable bonds is 3. The van der Waals surface area contributed by atoms with Gasteiger partial charge in [0.2, 0.25) is 5.91 Å². The highest BCUT2D eigenvalue weighted by Crippen LogP contribution is 2.39. The normalized spacial score (nSPS) is 22.2. The molecule has 1 aliphatic heterocycles. The zero-order valence-corrected chi connectivity index (χ0v) is 12.6. The lowest BCUT2D eigenvalue weighted by atomic mass is 10.0. The largest absolute Gasteiger partial charge is 0.341 e. The molecule has 3 nitrogen and oxygen atoms in total. The van der Waals surface area contributed by atoms with Gasteiger partial charge in [-0.3, -0.25) is 4.79 Å². The molecule has 0 aromatic heterocycles. The molecule has 1 atom stereocenters. The van der Waals surface area contributed by atoms with Gasteiger partial charge in [-0.15, -0.1) is 12.4 Å². The third kappa shape index (κ3) is 3.74. The summed E-state index contributed by atoms with van der Waals surface area (Å²) in [6, 6.07) is 8.74. The van der Waals surface area contributed by atoms with E-state index in [1.54, 1.807) is 0 Å². The maximum absolute atomic E-state index is 12.2. The van der Waals surface area contributed by atoms with Crippen molar-refractivity contribution < 1.29 is 4.79 Å². The van der Waals surface area contributed by atoms with Crippen molar-refractivity contribution in [2.24, 2.45) is 5.73 Å².